The third-order valence-corrected chi connectivity index (χ3v) is 4.46. The van der Waals surface area contributed by atoms with Crippen LogP contribution in [-0.4, -0.2) is 24.4 Å². The number of ether oxygens (including phenoxy) is 1. The average Bonchev–Trinajstić information content (AvgIpc) is 2.43. The Hall–Kier alpha value is -1.22. The molecule has 1 aliphatic heterocycles. The number of anilines is 1. The molecule has 1 amide bonds. The predicted molar refractivity (Wildman–Crippen MR) is 87.5 cm³/mol. The van der Waals surface area contributed by atoms with Gasteiger partial charge >= 0.3 is 0 Å². The first-order chi connectivity index (χ1) is 9.92. The fraction of sp³-hybridized carbons (Fsp3) is 0.588. The summed E-state index contributed by atoms with van der Waals surface area (Å²) in [7, 11) is 1.66. The monoisotopic (exact) mass is 309 g/mol. The number of carbonyl (C=O) groups excluding carboxylic acids is 1. The molecule has 0 saturated carbocycles. The van der Waals surface area contributed by atoms with Gasteiger partial charge in [0.2, 0.25) is 5.91 Å². The number of amides is 1. The van der Waals surface area contributed by atoms with Crippen molar-refractivity contribution in [3.63, 3.8) is 0 Å². The lowest BCUT2D eigenvalue weighted by atomic mass is 9.79. The minimum absolute atomic E-state index is 0.123. The van der Waals surface area contributed by atoms with Gasteiger partial charge in [-0.25, -0.2) is 0 Å². The van der Waals surface area contributed by atoms with E-state index in [2.05, 4.69) is 26.8 Å². The van der Waals surface area contributed by atoms with Crippen LogP contribution in [0.4, 0.5) is 5.69 Å². The second-order valence-corrected chi connectivity index (χ2v) is 6.72. The summed E-state index contributed by atoms with van der Waals surface area (Å²) in [4.78, 5) is 14.6. The van der Waals surface area contributed by atoms with E-state index in [-0.39, 0.29) is 11.4 Å². The summed E-state index contributed by atoms with van der Waals surface area (Å²) in [6.45, 7) is 6.45. The summed E-state index contributed by atoms with van der Waals surface area (Å²) < 4.78 is 5.52. The molecule has 0 spiro atoms. The van der Waals surface area contributed by atoms with E-state index >= 15 is 0 Å². The largest absolute Gasteiger partial charge is 0.495 e. The van der Waals surface area contributed by atoms with Crippen LogP contribution in [0.5, 0.6) is 5.75 Å². The number of hydrogen-bond donors (Lipinski definition) is 0. The van der Waals surface area contributed by atoms with Gasteiger partial charge in [0.05, 0.1) is 12.8 Å². The number of benzene rings is 1. The Bertz CT molecular complexity index is 528. The zero-order chi connectivity index (χ0) is 15.6. The molecular weight excluding hydrogens is 286 g/mol. The van der Waals surface area contributed by atoms with Gasteiger partial charge in [0, 0.05) is 17.8 Å². The Morgan fingerprint density at radius 1 is 1.48 bits per heavy atom. The van der Waals surface area contributed by atoms with Crippen LogP contribution in [0.25, 0.3) is 0 Å². The van der Waals surface area contributed by atoms with Crippen molar-refractivity contribution in [3.05, 3.63) is 23.8 Å². The van der Waals surface area contributed by atoms with E-state index in [9.17, 15) is 4.79 Å². The first-order valence-electron chi connectivity index (χ1n) is 7.48. The molecule has 2 rings (SSSR count). The van der Waals surface area contributed by atoms with Gasteiger partial charge < -0.3 is 9.64 Å². The molecule has 1 atom stereocenters. The van der Waals surface area contributed by atoms with Crippen LogP contribution in [-0.2, 0) is 4.79 Å². The molecule has 0 saturated heterocycles. The van der Waals surface area contributed by atoms with Crippen molar-refractivity contribution in [2.75, 3.05) is 17.9 Å². The zero-order valence-electron chi connectivity index (χ0n) is 13.3. The molecule has 1 aromatic rings. The predicted octanol–water partition coefficient (Wildman–Crippen LogP) is 4.33. The van der Waals surface area contributed by atoms with Crippen LogP contribution in [0.15, 0.2) is 18.2 Å². The fourth-order valence-corrected chi connectivity index (χ4v) is 3.52. The Kier molecular flexibility index (Phi) is 4.82. The molecule has 1 heterocycles. The van der Waals surface area contributed by atoms with E-state index in [1.165, 1.54) is 5.56 Å². The van der Waals surface area contributed by atoms with Crippen molar-refractivity contribution in [2.45, 2.75) is 51.5 Å². The van der Waals surface area contributed by atoms with Crippen LogP contribution in [0.3, 0.4) is 0 Å². The first-order valence-corrected chi connectivity index (χ1v) is 8.01. The molecule has 1 aliphatic rings. The maximum Gasteiger partial charge on any atom is 0.227 e. The van der Waals surface area contributed by atoms with Crippen LogP contribution in [0, 0.1) is 0 Å². The number of para-hydroxylation sites is 1. The molecule has 4 heteroatoms. The summed E-state index contributed by atoms with van der Waals surface area (Å²) >= 11 is 5.74. The molecule has 0 aromatic heterocycles. The summed E-state index contributed by atoms with van der Waals surface area (Å²) in [6, 6.07) is 6.02. The van der Waals surface area contributed by atoms with Crippen molar-refractivity contribution in [2.24, 2.45) is 0 Å². The zero-order valence-corrected chi connectivity index (χ0v) is 14.0. The lowest BCUT2D eigenvalue weighted by molar-refractivity contribution is -0.119. The number of hydrogen-bond acceptors (Lipinski definition) is 2. The van der Waals surface area contributed by atoms with Gasteiger partial charge in [-0.1, -0.05) is 19.1 Å². The number of halogens is 1. The SMILES string of the molecule is COc1cccc2c1N(C(=O)CCCCl)C(C)(C)C[C@H]2C. The van der Waals surface area contributed by atoms with Gasteiger partial charge in [-0.15, -0.1) is 11.6 Å². The lowest BCUT2D eigenvalue weighted by Crippen LogP contribution is -2.51. The Morgan fingerprint density at radius 2 is 2.19 bits per heavy atom. The molecule has 3 nitrogen and oxygen atoms in total. The van der Waals surface area contributed by atoms with E-state index in [4.69, 9.17) is 16.3 Å². The van der Waals surface area contributed by atoms with Crippen LogP contribution in [0.2, 0.25) is 0 Å². The highest BCUT2D eigenvalue weighted by atomic mass is 35.5. The number of alkyl halides is 1. The van der Waals surface area contributed by atoms with Gasteiger partial charge in [-0.3, -0.25) is 4.79 Å². The second-order valence-electron chi connectivity index (χ2n) is 6.34. The van der Waals surface area contributed by atoms with Crippen molar-refractivity contribution in [1.29, 1.82) is 0 Å². The minimum atomic E-state index is -0.218. The molecule has 0 radical (unpaired) electrons. The average molecular weight is 310 g/mol. The number of fused-ring (bicyclic) bond motifs is 1. The van der Waals surface area contributed by atoms with E-state index in [0.29, 0.717) is 24.6 Å². The molecule has 0 bridgehead atoms. The third kappa shape index (κ3) is 3.03. The molecule has 0 N–H and O–H groups in total. The van der Waals surface area contributed by atoms with Gasteiger partial charge in [0.1, 0.15) is 5.75 Å². The Labute approximate surface area is 132 Å². The molecule has 0 unspecified atom stereocenters. The topological polar surface area (TPSA) is 29.5 Å². The summed E-state index contributed by atoms with van der Waals surface area (Å²) in [5.41, 5.74) is 1.90. The lowest BCUT2D eigenvalue weighted by Gasteiger charge is -2.46. The molecule has 116 valence electrons. The van der Waals surface area contributed by atoms with Gasteiger partial charge in [-0.05, 0) is 44.2 Å². The number of carbonyl (C=O) groups is 1. The van der Waals surface area contributed by atoms with Crippen LogP contribution < -0.4 is 9.64 Å². The number of methoxy groups -OCH3 is 1. The standard InChI is InChI=1S/C17H24ClNO2/c1-12-11-17(2,3)19(15(20)9-6-10-18)16-13(12)7-5-8-14(16)21-4/h5,7-8,12H,6,9-11H2,1-4H3/t12-/m1/s1. The minimum Gasteiger partial charge on any atom is -0.495 e. The molecule has 0 fully saturated rings. The second kappa shape index (κ2) is 6.27. The quantitative estimate of drug-likeness (QED) is 0.775. The highest BCUT2D eigenvalue weighted by molar-refractivity contribution is 6.18. The van der Waals surface area contributed by atoms with Crippen molar-refractivity contribution in [3.8, 4) is 5.75 Å². The third-order valence-electron chi connectivity index (χ3n) is 4.19. The highest BCUT2D eigenvalue weighted by Crippen LogP contribution is 2.47. The highest BCUT2D eigenvalue weighted by Gasteiger charge is 2.41. The van der Waals surface area contributed by atoms with Crippen molar-refractivity contribution < 1.29 is 9.53 Å². The maximum absolute atomic E-state index is 12.7. The normalized spacial score (nSPS) is 20.0. The van der Waals surface area contributed by atoms with Crippen molar-refractivity contribution in [1.82, 2.24) is 0 Å². The van der Waals surface area contributed by atoms with Crippen molar-refractivity contribution >= 4 is 23.2 Å². The fourth-order valence-electron chi connectivity index (χ4n) is 3.39. The van der Waals surface area contributed by atoms with E-state index < -0.39 is 0 Å². The number of nitrogens with zero attached hydrogens (tertiary/aromatic N) is 1. The van der Waals surface area contributed by atoms with Gasteiger partial charge in [-0.2, -0.15) is 0 Å². The maximum atomic E-state index is 12.7. The molecule has 1 aromatic carbocycles. The summed E-state index contributed by atoms with van der Waals surface area (Å²) in [5.74, 6) is 1.81. The molecular formula is C17H24ClNO2. The van der Waals surface area contributed by atoms with Crippen LogP contribution >= 0.6 is 11.6 Å². The Morgan fingerprint density at radius 3 is 2.81 bits per heavy atom. The smallest absolute Gasteiger partial charge is 0.227 e. The number of rotatable bonds is 4. The van der Waals surface area contributed by atoms with E-state index in [0.717, 1.165) is 17.9 Å². The Balaban J connectivity index is 2.52. The van der Waals surface area contributed by atoms with Gasteiger partial charge in [0.15, 0.2) is 0 Å². The van der Waals surface area contributed by atoms with E-state index in [1.54, 1.807) is 7.11 Å². The summed E-state index contributed by atoms with van der Waals surface area (Å²) in [6.07, 6.45) is 2.12. The summed E-state index contributed by atoms with van der Waals surface area (Å²) in [5, 5.41) is 0. The molecule has 0 aliphatic carbocycles. The van der Waals surface area contributed by atoms with Gasteiger partial charge in [0.25, 0.3) is 0 Å². The first kappa shape index (κ1) is 16.2. The van der Waals surface area contributed by atoms with E-state index in [1.807, 2.05) is 17.0 Å². The molecule has 21 heavy (non-hydrogen) atoms. The van der Waals surface area contributed by atoms with Crippen LogP contribution in [0.1, 0.15) is 51.5 Å².